The first-order valence-electron chi connectivity index (χ1n) is 5.86. The summed E-state index contributed by atoms with van der Waals surface area (Å²) < 4.78 is 7.01. The van der Waals surface area contributed by atoms with Crippen LogP contribution < -0.4 is 4.74 Å². The Morgan fingerprint density at radius 3 is 2.44 bits per heavy atom. The third kappa shape index (κ3) is 2.24. The van der Waals surface area contributed by atoms with E-state index in [1.54, 1.807) is 19.6 Å². The van der Waals surface area contributed by atoms with Crippen LogP contribution in [0.5, 0.6) is 5.75 Å². The van der Waals surface area contributed by atoms with Gasteiger partial charge in [-0.3, -0.25) is 0 Å². The van der Waals surface area contributed by atoms with Crippen LogP contribution >= 0.6 is 0 Å². The minimum Gasteiger partial charge on any atom is -0.497 e. The number of ether oxygens (including phenoxy) is 1. The molecule has 0 saturated carbocycles. The van der Waals surface area contributed by atoms with Crippen molar-refractivity contribution >= 4 is 0 Å². The topological polar surface area (TPSA) is 47.3 Å². The van der Waals surface area contributed by atoms with Crippen LogP contribution in [0.2, 0.25) is 0 Å². The molecule has 0 amide bonds. The van der Waals surface area contributed by atoms with E-state index < -0.39 is 11.6 Å². The van der Waals surface area contributed by atoms with Crippen molar-refractivity contribution in [2.45, 2.75) is 25.5 Å². The molecule has 96 valence electrons. The monoisotopic (exact) mass is 246 g/mol. The third-order valence-electron chi connectivity index (χ3n) is 3.27. The van der Waals surface area contributed by atoms with E-state index in [0.29, 0.717) is 0 Å². The first kappa shape index (κ1) is 12.6. The predicted octanol–water partition coefficient (Wildman–Crippen LogP) is 2.36. The number of imidazole rings is 1. The average molecular weight is 246 g/mol. The van der Waals surface area contributed by atoms with Gasteiger partial charge < -0.3 is 14.4 Å². The lowest BCUT2D eigenvalue weighted by Gasteiger charge is -2.32. The molecule has 0 radical (unpaired) electrons. The minimum atomic E-state index is -0.613. The number of benzene rings is 1. The van der Waals surface area contributed by atoms with Crippen molar-refractivity contribution < 1.29 is 9.84 Å². The maximum Gasteiger partial charge on any atom is 0.118 e. The molecule has 0 bridgehead atoms. The van der Waals surface area contributed by atoms with E-state index >= 15 is 0 Å². The Morgan fingerprint density at radius 1 is 1.28 bits per heavy atom. The van der Waals surface area contributed by atoms with Crippen LogP contribution in [0.25, 0.3) is 0 Å². The van der Waals surface area contributed by atoms with Crippen molar-refractivity contribution in [3.05, 3.63) is 48.5 Å². The van der Waals surface area contributed by atoms with E-state index in [2.05, 4.69) is 4.98 Å². The van der Waals surface area contributed by atoms with Crippen molar-refractivity contribution in [2.75, 3.05) is 7.11 Å². The van der Waals surface area contributed by atoms with E-state index in [4.69, 9.17) is 4.74 Å². The fourth-order valence-corrected chi connectivity index (χ4v) is 1.94. The first-order valence-corrected chi connectivity index (χ1v) is 5.86. The van der Waals surface area contributed by atoms with Crippen LogP contribution in [-0.2, 0) is 5.54 Å². The molecule has 1 heterocycles. The summed E-state index contributed by atoms with van der Waals surface area (Å²) in [6.07, 6.45) is 4.67. The van der Waals surface area contributed by atoms with Gasteiger partial charge in [-0.25, -0.2) is 4.98 Å². The van der Waals surface area contributed by atoms with Gasteiger partial charge in [-0.05, 0) is 31.5 Å². The van der Waals surface area contributed by atoms with Gasteiger partial charge in [0.2, 0.25) is 0 Å². The van der Waals surface area contributed by atoms with Gasteiger partial charge in [-0.2, -0.15) is 0 Å². The Balaban J connectivity index is 2.27. The molecule has 1 aromatic heterocycles. The summed E-state index contributed by atoms with van der Waals surface area (Å²) in [7, 11) is 1.63. The number of aliphatic hydroxyl groups is 1. The summed E-state index contributed by atoms with van der Waals surface area (Å²) >= 11 is 0. The quantitative estimate of drug-likeness (QED) is 0.900. The zero-order chi connectivity index (χ0) is 13.2. The maximum atomic E-state index is 10.5. The van der Waals surface area contributed by atoms with Gasteiger partial charge in [0.05, 0.1) is 19.0 Å². The predicted molar refractivity (Wildman–Crippen MR) is 69.5 cm³/mol. The number of hydrogen-bond acceptors (Lipinski definition) is 3. The second-order valence-electron chi connectivity index (χ2n) is 4.80. The lowest BCUT2D eigenvalue weighted by atomic mass is 9.91. The van der Waals surface area contributed by atoms with Crippen LogP contribution in [0.3, 0.4) is 0 Å². The molecule has 1 unspecified atom stereocenters. The molecule has 0 aliphatic rings. The van der Waals surface area contributed by atoms with E-state index in [1.807, 2.05) is 48.9 Å². The Labute approximate surface area is 107 Å². The molecule has 0 saturated heterocycles. The summed E-state index contributed by atoms with van der Waals surface area (Å²) in [6, 6.07) is 7.45. The molecule has 4 heteroatoms. The van der Waals surface area contributed by atoms with Gasteiger partial charge in [0.25, 0.3) is 0 Å². The smallest absolute Gasteiger partial charge is 0.118 e. The molecule has 0 aliphatic carbocycles. The second-order valence-corrected chi connectivity index (χ2v) is 4.80. The zero-order valence-corrected chi connectivity index (χ0v) is 10.9. The van der Waals surface area contributed by atoms with Gasteiger partial charge in [-0.15, -0.1) is 0 Å². The lowest BCUT2D eigenvalue weighted by molar-refractivity contribution is 0.0566. The number of aliphatic hydroxyl groups excluding tert-OH is 1. The number of methoxy groups -OCH3 is 1. The summed E-state index contributed by atoms with van der Waals surface area (Å²) in [4.78, 5) is 4.02. The highest BCUT2D eigenvalue weighted by molar-refractivity contribution is 5.29. The third-order valence-corrected chi connectivity index (χ3v) is 3.27. The van der Waals surface area contributed by atoms with Crippen LogP contribution in [0, 0.1) is 0 Å². The number of aromatic nitrogens is 2. The molecule has 1 atom stereocenters. The SMILES string of the molecule is COc1ccc(C(O)C(C)(C)n2ccnc2)cc1. The number of nitrogens with zero attached hydrogens (tertiary/aromatic N) is 2. The van der Waals surface area contributed by atoms with Gasteiger partial charge >= 0.3 is 0 Å². The Morgan fingerprint density at radius 2 is 1.94 bits per heavy atom. The van der Waals surface area contributed by atoms with Crippen LogP contribution in [-0.4, -0.2) is 21.8 Å². The van der Waals surface area contributed by atoms with Crippen molar-refractivity contribution in [3.63, 3.8) is 0 Å². The minimum absolute atomic E-state index is 0.453. The van der Waals surface area contributed by atoms with Crippen molar-refractivity contribution in [3.8, 4) is 5.75 Å². The molecule has 0 spiro atoms. The van der Waals surface area contributed by atoms with Crippen molar-refractivity contribution in [1.82, 2.24) is 9.55 Å². The molecule has 0 fully saturated rings. The highest BCUT2D eigenvalue weighted by atomic mass is 16.5. The summed E-state index contributed by atoms with van der Waals surface area (Å²) in [5.41, 5.74) is 0.403. The molecule has 18 heavy (non-hydrogen) atoms. The summed E-state index contributed by atoms with van der Waals surface area (Å²) in [5.74, 6) is 0.784. The molecule has 0 aliphatic heterocycles. The maximum absolute atomic E-state index is 10.5. The normalized spacial score (nSPS) is 13.3. The molecule has 1 aromatic carbocycles. The second kappa shape index (κ2) is 4.82. The van der Waals surface area contributed by atoms with Crippen molar-refractivity contribution in [1.29, 1.82) is 0 Å². The van der Waals surface area contributed by atoms with E-state index in [1.165, 1.54) is 0 Å². The zero-order valence-electron chi connectivity index (χ0n) is 10.9. The van der Waals surface area contributed by atoms with Crippen LogP contribution in [0.4, 0.5) is 0 Å². The molecular formula is C14H18N2O2. The molecule has 2 aromatic rings. The van der Waals surface area contributed by atoms with Crippen LogP contribution in [0.1, 0.15) is 25.5 Å². The van der Waals surface area contributed by atoms with Gasteiger partial charge in [0.1, 0.15) is 11.9 Å². The fraction of sp³-hybridized carbons (Fsp3) is 0.357. The molecule has 2 rings (SSSR count). The number of hydrogen-bond donors (Lipinski definition) is 1. The lowest BCUT2D eigenvalue weighted by Crippen LogP contribution is -2.32. The highest BCUT2D eigenvalue weighted by Crippen LogP contribution is 2.32. The average Bonchev–Trinajstić information content (AvgIpc) is 2.92. The summed E-state index contributed by atoms with van der Waals surface area (Å²) in [5, 5.41) is 10.5. The van der Waals surface area contributed by atoms with Gasteiger partial charge in [0, 0.05) is 12.4 Å². The Hall–Kier alpha value is -1.81. The first-order chi connectivity index (χ1) is 8.55. The number of rotatable bonds is 4. The summed E-state index contributed by atoms with van der Waals surface area (Å²) in [6.45, 7) is 3.95. The largest absolute Gasteiger partial charge is 0.497 e. The highest BCUT2D eigenvalue weighted by Gasteiger charge is 2.30. The molecule has 4 nitrogen and oxygen atoms in total. The van der Waals surface area contributed by atoms with E-state index in [9.17, 15) is 5.11 Å². The standard InChI is InChI=1S/C14H18N2O2/c1-14(2,16-9-8-15-10-16)13(17)11-4-6-12(18-3)7-5-11/h4-10,13,17H,1-3H3. The fourth-order valence-electron chi connectivity index (χ4n) is 1.94. The molecular weight excluding hydrogens is 228 g/mol. The van der Waals surface area contributed by atoms with Gasteiger partial charge in [0.15, 0.2) is 0 Å². The Kier molecular flexibility index (Phi) is 3.39. The van der Waals surface area contributed by atoms with E-state index in [0.717, 1.165) is 11.3 Å². The molecule has 1 N–H and O–H groups in total. The van der Waals surface area contributed by atoms with Gasteiger partial charge in [-0.1, -0.05) is 12.1 Å². The van der Waals surface area contributed by atoms with Crippen LogP contribution in [0.15, 0.2) is 43.0 Å². The Bertz CT molecular complexity index is 489. The van der Waals surface area contributed by atoms with E-state index in [-0.39, 0.29) is 0 Å². The van der Waals surface area contributed by atoms with Crippen molar-refractivity contribution in [2.24, 2.45) is 0 Å².